The third-order valence-corrected chi connectivity index (χ3v) is 10.8. The Bertz CT molecular complexity index is 1680. The van der Waals surface area contributed by atoms with E-state index in [9.17, 15) is 13.2 Å². The molecule has 0 atom stereocenters. The van der Waals surface area contributed by atoms with Crippen LogP contribution in [0.25, 0.3) is 10.2 Å². The number of aryl methyl sites for hydroxylation is 3. The van der Waals surface area contributed by atoms with Crippen LogP contribution in [0.1, 0.15) is 33.5 Å². The molecule has 0 unspecified atom stereocenters. The third-order valence-electron chi connectivity index (χ3n) is 7.95. The van der Waals surface area contributed by atoms with Crippen molar-refractivity contribution in [2.45, 2.75) is 31.6 Å². The minimum atomic E-state index is -3.70. The van der Waals surface area contributed by atoms with E-state index in [4.69, 9.17) is 4.98 Å². The summed E-state index contributed by atoms with van der Waals surface area (Å²) in [6.07, 6.45) is 1.66. The lowest BCUT2D eigenvalue weighted by molar-refractivity contribution is 0.0947. The van der Waals surface area contributed by atoms with E-state index in [1.807, 2.05) is 24.3 Å². The van der Waals surface area contributed by atoms with Crippen molar-refractivity contribution in [1.29, 1.82) is 0 Å². The molecule has 2 aliphatic heterocycles. The molecule has 0 bridgehead atoms. The molecule has 3 aromatic carbocycles. The van der Waals surface area contributed by atoms with Crippen LogP contribution in [-0.4, -0.2) is 70.0 Å². The van der Waals surface area contributed by atoms with Gasteiger partial charge in [0.15, 0.2) is 5.13 Å². The molecule has 2 aliphatic rings. The molecule has 1 fully saturated rings. The zero-order chi connectivity index (χ0) is 28.6. The van der Waals surface area contributed by atoms with Crippen LogP contribution in [0, 0.1) is 13.8 Å². The molecule has 4 aromatic rings. The molecule has 0 spiro atoms. The van der Waals surface area contributed by atoms with Gasteiger partial charge in [0.1, 0.15) is 0 Å². The van der Waals surface area contributed by atoms with Crippen molar-refractivity contribution in [3.05, 3.63) is 82.9 Å². The van der Waals surface area contributed by atoms with Crippen molar-refractivity contribution in [2.24, 2.45) is 0 Å². The second kappa shape index (κ2) is 11.4. The summed E-state index contributed by atoms with van der Waals surface area (Å²) >= 11 is 1.76. The number of hydrogen-bond acceptors (Lipinski definition) is 7. The van der Waals surface area contributed by atoms with Crippen LogP contribution >= 0.6 is 11.3 Å². The number of hydrogen-bond donors (Lipinski definition) is 1. The molecule has 3 heterocycles. The van der Waals surface area contributed by atoms with Crippen molar-refractivity contribution >= 4 is 48.3 Å². The van der Waals surface area contributed by atoms with Crippen molar-refractivity contribution in [2.75, 3.05) is 55.0 Å². The largest absolute Gasteiger partial charge is 0.351 e. The van der Waals surface area contributed by atoms with Crippen LogP contribution in [0.5, 0.6) is 0 Å². The van der Waals surface area contributed by atoms with E-state index in [0.29, 0.717) is 18.7 Å². The lowest BCUT2D eigenvalue weighted by Crippen LogP contribution is -2.48. The highest BCUT2D eigenvalue weighted by atomic mass is 32.2. The summed E-state index contributed by atoms with van der Waals surface area (Å²) in [6.45, 7) is 9.63. The average Bonchev–Trinajstić information content (AvgIpc) is 3.42. The maximum Gasteiger partial charge on any atom is 0.264 e. The van der Waals surface area contributed by atoms with E-state index in [2.05, 4.69) is 41.1 Å². The second-order valence-electron chi connectivity index (χ2n) is 10.8. The van der Waals surface area contributed by atoms with Gasteiger partial charge >= 0.3 is 0 Å². The van der Waals surface area contributed by atoms with E-state index < -0.39 is 10.0 Å². The summed E-state index contributed by atoms with van der Waals surface area (Å²) in [5, 5.41) is 4.07. The number of rotatable bonds is 7. The molecule has 1 aromatic heterocycles. The normalized spacial score (nSPS) is 16.1. The van der Waals surface area contributed by atoms with E-state index >= 15 is 0 Å². The first-order chi connectivity index (χ1) is 19.8. The Kier molecular flexibility index (Phi) is 7.72. The molecule has 10 heteroatoms. The van der Waals surface area contributed by atoms with E-state index in [-0.39, 0.29) is 10.8 Å². The fraction of sp³-hybridized carbons (Fsp3) is 0.355. The number of nitrogens with one attached hydrogen (secondary N) is 1. The summed E-state index contributed by atoms with van der Waals surface area (Å²) < 4.78 is 29.5. The Morgan fingerprint density at radius 2 is 1.73 bits per heavy atom. The molecule has 0 aliphatic carbocycles. The maximum absolute atomic E-state index is 13.4. The molecular formula is C31H35N5O3S2. The first-order valence-corrected chi connectivity index (χ1v) is 16.4. The number of aromatic nitrogens is 1. The fourth-order valence-corrected chi connectivity index (χ4v) is 8.48. The minimum absolute atomic E-state index is 0.196. The smallest absolute Gasteiger partial charge is 0.264 e. The van der Waals surface area contributed by atoms with Crippen LogP contribution in [0.2, 0.25) is 0 Å². The number of fused-ring (bicyclic) bond motifs is 2. The Balaban J connectivity index is 1.00. The van der Waals surface area contributed by atoms with Gasteiger partial charge in [0.2, 0.25) is 0 Å². The van der Waals surface area contributed by atoms with Crippen LogP contribution in [0.15, 0.2) is 65.6 Å². The van der Waals surface area contributed by atoms with Crippen molar-refractivity contribution in [3.8, 4) is 0 Å². The van der Waals surface area contributed by atoms with Gasteiger partial charge in [-0.05, 0) is 79.8 Å². The fourth-order valence-electron chi connectivity index (χ4n) is 5.74. The Labute approximate surface area is 245 Å². The van der Waals surface area contributed by atoms with Crippen LogP contribution in [-0.2, 0) is 16.4 Å². The Morgan fingerprint density at radius 1 is 0.976 bits per heavy atom. The molecule has 6 rings (SSSR count). The molecule has 1 saturated heterocycles. The number of para-hydroxylation sites is 1. The summed E-state index contributed by atoms with van der Waals surface area (Å²) in [4.78, 5) is 22.6. The number of benzene rings is 3. The number of piperazine rings is 1. The molecule has 8 nitrogen and oxygen atoms in total. The number of carbonyl (C=O) groups is 1. The lowest BCUT2D eigenvalue weighted by atomic mass is 10.0. The highest BCUT2D eigenvalue weighted by Crippen LogP contribution is 2.33. The molecule has 1 amide bonds. The van der Waals surface area contributed by atoms with Crippen molar-refractivity contribution in [3.63, 3.8) is 0 Å². The van der Waals surface area contributed by atoms with Gasteiger partial charge in [-0.2, -0.15) is 0 Å². The highest BCUT2D eigenvalue weighted by Gasteiger charge is 2.29. The lowest BCUT2D eigenvalue weighted by Gasteiger charge is -2.34. The SMILES string of the molecule is Cc1cc(C)c2nc(N3CCN(CCNC(=O)c4ccc(S(=O)(=O)N5CCCc6ccccc65)cc4)CC3)sc2c1. The van der Waals surface area contributed by atoms with Gasteiger partial charge in [0.25, 0.3) is 15.9 Å². The number of nitrogens with zero attached hydrogens (tertiary/aromatic N) is 4. The predicted molar refractivity (Wildman–Crippen MR) is 166 cm³/mol. The topological polar surface area (TPSA) is 85.9 Å². The quantitative estimate of drug-likeness (QED) is 0.339. The van der Waals surface area contributed by atoms with Crippen LogP contribution < -0.4 is 14.5 Å². The van der Waals surface area contributed by atoms with Gasteiger partial charge < -0.3 is 10.2 Å². The number of sulfonamides is 1. The van der Waals surface area contributed by atoms with Gasteiger partial charge in [-0.25, -0.2) is 13.4 Å². The van der Waals surface area contributed by atoms with Crippen LogP contribution in [0.4, 0.5) is 10.8 Å². The highest BCUT2D eigenvalue weighted by molar-refractivity contribution is 7.92. The first kappa shape index (κ1) is 27.7. The second-order valence-corrected chi connectivity index (χ2v) is 13.7. The van der Waals surface area contributed by atoms with E-state index in [1.165, 1.54) is 32.3 Å². The summed E-state index contributed by atoms with van der Waals surface area (Å²) in [7, 11) is -3.70. The minimum Gasteiger partial charge on any atom is -0.351 e. The number of thiazole rings is 1. The standard InChI is InChI=1S/C31H35N5O3S2/c1-22-20-23(2)29-28(21-22)40-31(33-29)35-18-16-34(17-19-35)15-13-32-30(37)25-9-11-26(12-10-25)41(38,39)36-14-5-7-24-6-3-4-8-27(24)36/h3-4,6,8-12,20-21H,5,7,13-19H2,1-2H3,(H,32,37). The number of carbonyl (C=O) groups excluding carboxylic acids is 1. The van der Waals surface area contributed by atoms with Gasteiger partial charge in [0, 0.05) is 51.4 Å². The summed E-state index contributed by atoms with van der Waals surface area (Å²) in [6, 6.07) is 18.3. The van der Waals surface area contributed by atoms with Gasteiger partial charge in [-0.15, -0.1) is 0 Å². The zero-order valence-electron chi connectivity index (χ0n) is 23.5. The van der Waals surface area contributed by atoms with Crippen molar-refractivity contribution < 1.29 is 13.2 Å². The Morgan fingerprint density at radius 3 is 2.51 bits per heavy atom. The summed E-state index contributed by atoms with van der Waals surface area (Å²) in [5.74, 6) is -0.198. The Hall–Kier alpha value is -3.47. The van der Waals surface area contributed by atoms with Crippen molar-refractivity contribution in [1.82, 2.24) is 15.2 Å². The molecular weight excluding hydrogens is 555 g/mol. The molecule has 0 saturated carbocycles. The first-order valence-electron chi connectivity index (χ1n) is 14.1. The zero-order valence-corrected chi connectivity index (χ0v) is 25.1. The number of anilines is 2. The molecule has 1 N–H and O–H groups in total. The monoisotopic (exact) mass is 589 g/mol. The van der Waals surface area contributed by atoms with Gasteiger partial charge in [-0.3, -0.25) is 14.0 Å². The predicted octanol–water partition coefficient (Wildman–Crippen LogP) is 4.61. The third kappa shape index (κ3) is 5.68. The van der Waals surface area contributed by atoms with Gasteiger partial charge in [0.05, 0.1) is 20.8 Å². The average molecular weight is 590 g/mol. The van der Waals surface area contributed by atoms with Crippen LogP contribution in [0.3, 0.4) is 0 Å². The molecule has 214 valence electrons. The maximum atomic E-state index is 13.4. The molecule has 41 heavy (non-hydrogen) atoms. The molecule has 0 radical (unpaired) electrons. The van der Waals surface area contributed by atoms with E-state index in [0.717, 1.165) is 67.5 Å². The number of amides is 1. The summed E-state index contributed by atoms with van der Waals surface area (Å²) in [5.41, 5.74) is 5.83. The van der Waals surface area contributed by atoms with Gasteiger partial charge in [-0.1, -0.05) is 35.6 Å². The van der Waals surface area contributed by atoms with E-state index in [1.54, 1.807) is 23.5 Å².